The van der Waals surface area contributed by atoms with E-state index in [1.165, 1.54) is 11.1 Å². The van der Waals surface area contributed by atoms with Gasteiger partial charge in [0.15, 0.2) is 11.5 Å². The van der Waals surface area contributed by atoms with Gasteiger partial charge in [-0.25, -0.2) is 0 Å². The second-order valence-corrected chi connectivity index (χ2v) is 5.27. The summed E-state index contributed by atoms with van der Waals surface area (Å²) in [6, 6.07) is 4.48. The molecule has 0 bridgehead atoms. The van der Waals surface area contributed by atoms with Crippen LogP contribution in [0.5, 0.6) is 11.5 Å². The minimum absolute atomic E-state index is 0.300. The first kappa shape index (κ1) is 14.2. The second kappa shape index (κ2) is 6.26. The molecule has 0 amide bonds. The van der Waals surface area contributed by atoms with Gasteiger partial charge in [0.1, 0.15) is 13.2 Å². The minimum atomic E-state index is 0.300. The number of ether oxygens (including phenoxy) is 2. The SMILES string of the molecule is CNC(CC(C)CN)c1cc2c(cc1C)OCCO2. The highest BCUT2D eigenvalue weighted by molar-refractivity contribution is 5.48. The van der Waals surface area contributed by atoms with Crippen molar-refractivity contribution in [2.24, 2.45) is 11.7 Å². The van der Waals surface area contributed by atoms with Gasteiger partial charge in [0.25, 0.3) is 0 Å². The quantitative estimate of drug-likeness (QED) is 0.854. The topological polar surface area (TPSA) is 56.5 Å². The molecule has 4 heteroatoms. The summed E-state index contributed by atoms with van der Waals surface area (Å²) in [6.45, 7) is 6.26. The van der Waals surface area contributed by atoms with E-state index in [4.69, 9.17) is 15.2 Å². The van der Waals surface area contributed by atoms with Gasteiger partial charge in [0, 0.05) is 6.04 Å². The molecule has 0 saturated heterocycles. The van der Waals surface area contributed by atoms with Crippen molar-refractivity contribution in [1.29, 1.82) is 0 Å². The smallest absolute Gasteiger partial charge is 0.161 e. The zero-order chi connectivity index (χ0) is 13.8. The van der Waals surface area contributed by atoms with Crippen LogP contribution in [-0.2, 0) is 0 Å². The van der Waals surface area contributed by atoms with Crippen LogP contribution in [0.3, 0.4) is 0 Å². The van der Waals surface area contributed by atoms with Gasteiger partial charge in [-0.15, -0.1) is 0 Å². The van der Waals surface area contributed by atoms with Crippen molar-refractivity contribution >= 4 is 0 Å². The standard InChI is InChI=1S/C15H24N2O2/c1-10(9-16)6-13(17-3)12-8-15-14(7-11(12)2)18-4-5-19-15/h7-8,10,13,17H,4-6,9,16H2,1-3H3. The molecule has 0 aromatic heterocycles. The van der Waals surface area contributed by atoms with Crippen molar-refractivity contribution in [3.8, 4) is 11.5 Å². The molecule has 106 valence electrons. The van der Waals surface area contributed by atoms with Crippen LogP contribution in [0.2, 0.25) is 0 Å². The fourth-order valence-electron chi connectivity index (χ4n) is 2.48. The maximum atomic E-state index is 5.73. The number of nitrogens with one attached hydrogen (secondary N) is 1. The highest BCUT2D eigenvalue weighted by atomic mass is 16.6. The Morgan fingerprint density at radius 2 is 1.89 bits per heavy atom. The van der Waals surface area contributed by atoms with E-state index in [1.54, 1.807) is 0 Å². The van der Waals surface area contributed by atoms with Crippen LogP contribution in [0, 0.1) is 12.8 Å². The molecule has 0 saturated carbocycles. The molecule has 1 heterocycles. The number of nitrogens with two attached hydrogens (primary N) is 1. The number of rotatable bonds is 5. The Labute approximate surface area is 115 Å². The first-order valence-corrected chi connectivity index (χ1v) is 6.93. The molecule has 2 unspecified atom stereocenters. The van der Waals surface area contributed by atoms with Crippen LogP contribution in [0.25, 0.3) is 0 Å². The van der Waals surface area contributed by atoms with E-state index in [9.17, 15) is 0 Å². The highest BCUT2D eigenvalue weighted by Crippen LogP contribution is 2.36. The van der Waals surface area contributed by atoms with Crippen LogP contribution in [0.4, 0.5) is 0 Å². The van der Waals surface area contributed by atoms with Crippen molar-refractivity contribution < 1.29 is 9.47 Å². The Balaban J connectivity index is 2.26. The van der Waals surface area contributed by atoms with E-state index in [2.05, 4.69) is 31.3 Å². The van der Waals surface area contributed by atoms with E-state index in [1.807, 2.05) is 7.05 Å². The summed E-state index contributed by atoms with van der Waals surface area (Å²) >= 11 is 0. The Bertz CT molecular complexity index is 434. The molecular formula is C15H24N2O2. The van der Waals surface area contributed by atoms with Crippen LogP contribution in [0.1, 0.15) is 30.5 Å². The molecule has 2 rings (SSSR count). The first-order chi connectivity index (χ1) is 9.15. The third kappa shape index (κ3) is 3.19. The van der Waals surface area contributed by atoms with E-state index in [-0.39, 0.29) is 0 Å². The molecule has 1 aromatic carbocycles. The summed E-state index contributed by atoms with van der Waals surface area (Å²) in [5.41, 5.74) is 8.23. The van der Waals surface area contributed by atoms with Gasteiger partial charge in [0.05, 0.1) is 0 Å². The van der Waals surface area contributed by atoms with Crippen molar-refractivity contribution in [1.82, 2.24) is 5.32 Å². The third-order valence-electron chi connectivity index (χ3n) is 3.70. The monoisotopic (exact) mass is 264 g/mol. The average molecular weight is 264 g/mol. The Hall–Kier alpha value is -1.26. The summed E-state index contributed by atoms with van der Waals surface area (Å²) in [5, 5.41) is 3.38. The molecule has 0 spiro atoms. The lowest BCUT2D eigenvalue weighted by atomic mass is 9.92. The molecule has 1 aliphatic rings. The van der Waals surface area contributed by atoms with E-state index in [0.717, 1.165) is 17.9 Å². The Kier molecular flexibility index (Phi) is 4.66. The molecular weight excluding hydrogens is 240 g/mol. The molecule has 0 fully saturated rings. The number of hydrogen-bond donors (Lipinski definition) is 2. The Morgan fingerprint density at radius 1 is 1.26 bits per heavy atom. The summed E-state index contributed by atoms with van der Waals surface area (Å²) in [7, 11) is 1.99. The Morgan fingerprint density at radius 3 is 2.47 bits per heavy atom. The molecule has 0 radical (unpaired) electrons. The summed E-state index contributed by atoms with van der Waals surface area (Å²) in [5.74, 6) is 2.20. The molecule has 0 aliphatic carbocycles. The van der Waals surface area contributed by atoms with Crippen LogP contribution in [0.15, 0.2) is 12.1 Å². The molecule has 1 aromatic rings. The molecule has 1 aliphatic heterocycles. The van der Waals surface area contributed by atoms with Crippen LogP contribution in [-0.4, -0.2) is 26.8 Å². The largest absolute Gasteiger partial charge is 0.486 e. The van der Waals surface area contributed by atoms with Gasteiger partial charge in [-0.1, -0.05) is 6.92 Å². The lowest BCUT2D eigenvalue weighted by Crippen LogP contribution is -2.24. The lowest BCUT2D eigenvalue weighted by molar-refractivity contribution is 0.171. The zero-order valence-corrected chi connectivity index (χ0v) is 12.0. The van der Waals surface area contributed by atoms with Crippen molar-refractivity contribution in [3.63, 3.8) is 0 Å². The number of fused-ring (bicyclic) bond motifs is 1. The molecule has 4 nitrogen and oxygen atoms in total. The number of aryl methyl sites for hydroxylation is 1. The van der Waals surface area contributed by atoms with E-state index < -0.39 is 0 Å². The highest BCUT2D eigenvalue weighted by Gasteiger charge is 2.20. The van der Waals surface area contributed by atoms with Crippen molar-refractivity contribution in [3.05, 3.63) is 23.3 Å². The summed E-state index contributed by atoms with van der Waals surface area (Å²) in [4.78, 5) is 0. The molecule has 3 N–H and O–H groups in total. The van der Waals surface area contributed by atoms with Gasteiger partial charge in [-0.05, 0) is 56.1 Å². The number of hydrogen-bond acceptors (Lipinski definition) is 4. The van der Waals surface area contributed by atoms with Crippen molar-refractivity contribution in [2.75, 3.05) is 26.8 Å². The third-order valence-corrected chi connectivity index (χ3v) is 3.70. The first-order valence-electron chi connectivity index (χ1n) is 6.93. The maximum absolute atomic E-state index is 5.73. The number of benzene rings is 1. The van der Waals surface area contributed by atoms with Gasteiger partial charge in [0.2, 0.25) is 0 Å². The zero-order valence-electron chi connectivity index (χ0n) is 12.0. The van der Waals surface area contributed by atoms with Gasteiger partial charge < -0.3 is 20.5 Å². The molecule has 19 heavy (non-hydrogen) atoms. The maximum Gasteiger partial charge on any atom is 0.161 e. The van der Waals surface area contributed by atoms with Gasteiger partial charge in [-0.3, -0.25) is 0 Å². The predicted octanol–water partition coefficient (Wildman–Crippen LogP) is 2.01. The van der Waals surface area contributed by atoms with Gasteiger partial charge >= 0.3 is 0 Å². The fourth-order valence-corrected chi connectivity index (χ4v) is 2.48. The normalized spacial score (nSPS) is 17.1. The fraction of sp³-hybridized carbons (Fsp3) is 0.600. The molecule has 2 atom stereocenters. The van der Waals surface area contributed by atoms with Crippen LogP contribution < -0.4 is 20.5 Å². The second-order valence-electron chi connectivity index (χ2n) is 5.27. The van der Waals surface area contributed by atoms with E-state index >= 15 is 0 Å². The van der Waals surface area contributed by atoms with Crippen LogP contribution >= 0.6 is 0 Å². The van der Waals surface area contributed by atoms with Crippen molar-refractivity contribution in [2.45, 2.75) is 26.3 Å². The van der Waals surface area contributed by atoms with Gasteiger partial charge in [-0.2, -0.15) is 0 Å². The summed E-state index contributed by atoms with van der Waals surface area (Å²) in [6.07, 6.45) is 1.02. The predicted molar refractivity (Wildman–Crippen MR) is 76.8 cm³/mol. The average Bonchev–Trinajstić information content (AvgIpc) is 2.44. The minimum Gasteiger partial charge on any atom is -0.486 e. The lowest BCUT2D eigenvalue weighted by Gasteiger charge is -2.25. The summed E-state index contributed by atoms with van der Waals surface area (Å²) < 4.78 is 11.3. The van der Waals surface area contributed by atoms with E-state index in [0.29, 0.717) is 31.7 Å².